The summed E-state index contributed by atoms with van der Waals surface area (Å²) < 4.78 is 7.74. The average Bonchev–Trinajstić information content (AvgIpc) is 2.90. The van der Waals surface area contributed by atoms with Crippen molar-refractivity contribution in [2.45, 2.75) is 19.1 Å². The molecule has 0 spiro atoms. The first kappa shape index (κ1) is 10.8. The highest BCUT2D eigenvalue weighted by Crippen LogP contribution is 2.33. The van der Waals surface area contributed by atoms with Crippen molar-refractivity contribution < 1.29 is 9.94 Å². The van der Waals surface area contributed by atoms with Gasteiger partial charge in [0.15, 0.2) is 0 Å². The van der Waals surface area contributed by atoms with E-state index in [1.165, 1.54) is 0 Å². The Bertz CT molecular complexity index is 578. The lowest BCUT2D eigenvalue weighted by molar-refractivity contribution is 0.173. The highest BCUT2D eigenvalue weighted by molar-refractivity contribution is 6.06. The largest absolute Gasteiger partial charge is 0.487 e. The summed E-state index contributed by atoms with van der Waals surface area (Å²) in [5, 5.41) is 12.8. The zero-order valence-corrected chi connectivity index (χ0v) is 9.89. The summed E-state index contributed by atoms with van der Waals surface area (Å²) >= 11 is 0. The van der Waals surface area contributed by atoms with Crippen molar-refractivity contribution in [3.8, 4) is 5.75 Å². The summed E-state index contributed by atoms with van der Waals surface area (Å²) in [5.74, 6) is 0.745. The summed E-state index contributed by atoms with van der Waals surface area (Å²) in [6.07, 6.45) is 5.11. The molecule has 1 aromatic carbocycles. The molecule has 1 aliphatic heterocycles. The number of oxime groups is 1. The Morgan fingerprint density at radius 3 is 2.94 bits per heavy atom. The van der Waals surface area contributed by atoms with Crippen molar-refractivity contribution in [2.24, 2.45) is 5.16 Å². The van der Waals surface area contributed by atoms with Gasteiger partial charge in [-0.2, -0.15) is 0 Å². The Labute approximate surface area is 104 Å². The van der Waals surface area contributed by atoms with Crippen LogP contribution in [0.1, 0.15) is 18.5 Å². The molecule has 0 saturated heterocycles. The molecule has 0 bridgehead atoms. The summed E-state index contributed by atoms with van der Waals surface area (Å²) in [6.45, 7) is 1.95. The minimum absolute atomic E-state index is 0.125. The van der Waals surface area contributed by atoms with E-state index in [0.717, 1.165) is 11.3 Å². The molecular formula is C13H13N3O2. The van der Waals surface area contributed by atoms with Crippen LogP contribution in [0.5, 0.6) is 5.75 Å². The number of fused-ring (bicyclic) bond motifs is 1. The van der Waals surface area contributed by atoms with Crippen LogP contribution >= 0.6 is 0 Å². The first-order chi connectivity index (χ1) is 8.81. The fraction of sp³-hybridized carbons (Fsp3) is 0.231. The molecule has 18 heavy (non-hydrogen) atoms. The lowest BCUT2D eigenvalue weighted by Crippen LogP contribution is -2.37. The molecule has 0 amide bonds. The maximum Gasteiger partial charge on any atom is 0.129 e. The van der Waals surface area contributed by atoms with Gasteiger partial charge in [0.25, 0.3) is 0 Å². The molecule has 2 unspecified atom stereocenters. The highest BCUT2D eigenvalue weighted by atomic mass is 16.5. The van der Waals surface area contributed by atoms with Gasteiger partial charge in [0.2, 0.25) is 0 Å². The maximum absolute atomic E-state index is 9.32. The van der Waals surface area contributed by atoms with E-state index < -0.39 is 0 Å². The Hall–Kier alpha value is -2.30. The number of para-hydroxylation sites is 1. The van der Waals surface area contributed by atoms with E-state index in [1.54, 1.807) is 12.5 Å². The van der Waals surface area contributed by atoms with Gasteiger partial charge in [-0.25, -0.2) is 4.98 Å². The van der Waals surface area contributed by atoms with E-state index in [-0.39, 0.29) is 12.1 Å². The Balaban J connectivity index is 2.13. The number of hydrogen-bond donors (Lipinski definition) is 1. The number of aromatic nitrogens is 2. The van der Waals surface area contributed by atoms with Crippen LogP contribution in [0, 0.1) is 0 Å². The summed E-state index contributed by atoms with van der Waals surface area (Å²) in [5.41, 5.74) is 1.42. The standard InChI is InChI=1S/C13H13N3O2/c1-9-13(16-7-6-14-8-16)12(15-17)10-4-2-3-5-11(10)18-9/h2-9,13,17H,1H3/b15-12-. The van der Waals surface area contributed by atoms with Crippen molar-refractivity contribution in [1.82, 2.24) is 9.55 Å². The molecule has 1 aromatic heterocycles. The number of nitrogens with zero attached hydrogens (tertiary/aromatic N) is 3. The third kappa shape index (κ3) is 1.55. The van der Waals surface area contributed by atoms with Gasteiger partial charge in [-0.3, -0.25) is 0 Å². The zero-order chi connectivity index (χ0) is 12.5. The van der Waals surface area contributed by atoms with Crippen LogP contribution in [0.25, 0.3) is 0 Å². The van der Waals surface area contributed by atoms with Gasteiger partial charge in [0.05, 0.1) is 6.33 Å². The minimum atomic E-state index is -0.174. The molecule has 2 atom stereocenters. The summed E-state index contributed by atoms with van der Waals surface area (Å²) in [4.78, 5) is 4.03. The van der Waals surface area contributed by atoms with E-state index in [0.29, 0.717) is 5.71 Å². The molecular weight excluding hydrogens is 230 g/mol. The first-order valence-electron chi connectivity index (χ1n) is 5.76. The predicted octanol–water partition coefficient (Wildman–Crippen LogP) is 2.08. The fourth-order valence-electron chi connectivity index (χ4n) is 2.36. The molecule has 1 aliphatic rings. The zero-order valence-electron chi connectivity index (χ0n) is 9.89. The smallest absolute Gasteiger partial charge is 0.129 e. The van der Waals surface area contributed by atoms with Crippen molar-refractivity contribution in [3.05, 3.63) is 48.5 Å². The monoisotopic (exact) mass is 243 g/mol. The van der Waals surface area contributed by atoms with Crippen LogP contribution < -0.4 is 4.74 Å². The minimum Gasteiger partial charge on any atom is -0.487 e. The normalized spacial score (nSPS) is 24.6. The summed E-state index contributed by atoms with van der Waals surface area (Å²) in [7, 11) is 0. The number of ether oxygens (including phenoxy) is 1. The van der Waals surface area contributed by atoms with Crippen LogP contribution in [0.15, 0.2) is 48.1 Å². The van der Waals surface area contributed by atoms with E-state index in [9.17, 15) is 5.21 Å². The number of imidazole rings is 1. The maximum atomic E-state index is 9.32. The molecule has 0 saturated carbocycles. The van der Waals surface area contributed by atoms with E-state index in [2.05, 4.69) is 10.1 Å². The predicted molar refractivity (Wildman–Crippen MR) is 66.1 cm³/mol. The third-order valence-electron chi connectivity index (χ3n) is 3.15. The highest BCUT2D eigenvalue weighted by Gasteiger charge is 2.34. The van der Waals surface area contributed by atoms with Gasteiger partial charge < -0.3 is 14.5 Å². The van der Waals surface area contributed by atoms with Crippen LogP contribution in [0.2, 0.25) is 0 Å². The topological polar surface area (TPSA) is 59.6 Å². The van der Waals surface area contributed by atoms with Crippen LogP contribution in [-0.4, -0.2) is 26.6 Å². The second kappa shape index (κ2) is 4.18. The van der Waals surface area contributed by atoms with Crippen molar-refractivity contribution in [2.75, 3.05) is 0 Å². The lowest BCUT2D eigenvalue weighted by atomic mass is 9.95. The van der Waals surface area contributed by atoms with Gasteiger partial charge in [0.1, 0.15) is 23.6 Å². The third-order valence-corrected chi connectivity index (χ3v) is 3.15. The first-order valence-corrected chi connectivity index (χ1v) is 5.76. The average molecular weight is 243 g/mol. The fourth-order valence-corrected chi connectivity index (χ4v) is 2.36. The van der Waals surface area contributed by atoms with Crippen molar-refractivity contribution in [1.29, 1.82) is 0 Å². The second-order valence-electron chi connectivity index (χ2n) is 4.26. The SMILES string of the molecule is CC1Oc2ccccc2/C(=N/O)C1n1ccnc1. The van der Waals surface area contributed by atoms with Crippen molar-refractivity contribution in [3.63, 3.8) is 0 Å². The molecule has 5 heteroatoms. The van der Waals surface area contributed by atoms with Gasteiger partial charge in [-0.15, -0.1) is 0 Å². The molecule has 0 aliphatic carbocycles. The molecule has 2 aromatic rings. The molecule has 0 radical (unpaired) electrons. The molecule has 0 fully saturated rings. The molecule has 3 rings (SSSR count). The molecule has 92 valence electrons. The molecule has 1 N–H and O–H groups in total. The van der Waals surface area contributed by atoms with Crippen LogP contribution in [0.4, 0.5) is 0 Å². The van der Waals surface area contributed by atoms with Gasteiger partial charge in [-0.1, -0.05) is 17.3 Å². The van der Waals surface area contributed by atoms with E-state index in [4.69, 9.17) is 4.74 Å². The van der Waals surface area contributed by atoms with Crippen LogP contribution in [0.3, 0.4) is 0 Å². The summed E-state index contributed by atoms with van der Waals surface area (Å²) in [6, 6.07) is 7.39. The quantitative estimate of drug-likeness (QED) is 0.616. The number of benzene rings is 1. The molecule has 2 heterocycles. The van der Waals surface area contributed by atoms with Gasteiger partial charge >= 0.3 is 0 Å². The Kier molecular flexibility index (Phi) is 2.51. The van der Waals surface area contributed by atoms with Crippen LogP contribution in [-0.2, 0) is 0 Å². The van der Waals surface area contributed by atoms with E-state index >= 15 is 0 Å². The Morgan fingerprint density at radius 2 is 2.22 bits per heavy atom. The lowest BCUT2D eigenvalue weighted by Gasteiger charge is -2.32. The van der Waals surface area contributed by atoms with Gasteiger partial charge in [0, 0.05) is 18.0 Å². The number of hydrogen-bond acceptors (Lipinski definition) is 4. The van der Waals surface area contributed by atoms with Gasteiger partial charge in [-0.05, 0) is 19.1 Å². The number of rotatable bonds is 1. The Morgan fingerprint density at radius 1 is 1.39 bits per heavy atom. The van der Waals surface area contributed by atoms with Crippen molar-refractivity contribution >= 4 is 5.71 Å². The molecule has 5 nitrogen and oxygen atoms in total. The van der Waals surface area contributed by atoms with E-state index in [1.807, 2.05) is 42.0 Å². The second-order valence-corrected chi connectivity index (χ2v) is 4.26.